The number of hydrogen-bond acceptors (Lipinski definition) is 3. The molecule has 3 heteroatoms. The van der Waals surface area contributed by atoms with Crippen LogP contribution in [0.5, 0.6) is 0 Å². The molecule has 2 heterocycles. The Morgan fingerprint density at radius 3 is 1.42 bits per heavy atom. The van der Waals surface area contributed by atoms with Gasteiger partial charge in [-0.1, -0.05) is 206 Å². The molecular formula is C59H38N2S. The minimum Gasteiger partial charge on any atom is -0.228 e. The van der Waals surface area contributed by atoms with Gasteiger partial charge in [0.15, 0.2) is 5.82 Å². The molecule has 0 bridgehead atoms. The van der Waals surface area contributed by atoms with Gasteiger partial charge in [0.2, 0.25) is 0 Å². The van der Waals surface area contributed by atoms with Crippen molar-refractivity contribution in [3.05, 3.63) is 253 Å². The topological polar surface area (TPSA) is 25.8 Å². The predicted molar refractivity (Wildman–Crippen MR) is 256 cm³/mol. The summed E-state index contributed by atoms with van der Waals surface area (Å²) in [5.41, 5.74) is 19.4. The summed E-state index contributed by atoms with van der Waals surface area (Å²) in [6.07, 6.45) is 0. The Morgan fingerprint density at radius 1 is 0.274 bits per heavy atom. The molecule has 0 fully saturated rings. The maximum atomic E-state index is 5.21. The van der Waals surface area contributed by atoms with Crippen molar-refractivity contribution in [3.63, 3.8) is 0 Å². The summed E-state index contributed by atoms with van der Waals surface area (Å²) in [7, 11) is 0. The van der Waals surface area contributed by atoms with E-state index < -0.39 is 5.41 Å². The Hall–Kier alpha value is -7.59. The molecule has 290 valence electrons. The predicted octanol–water partition coefficient (Wildman–Crippen LogP) is 15.3. The molecule has 1 aromatic heterocycles. The fourth-order valence-electron chi connectivity index (χ4n) is 9.80. The van der Waals surface area contributed by atoms with E-state index in [0.717, 1.165) is 50.3 Å². The SMILES string of the molecule is c1ccc(-c2nc(-c3cccc(-c4cccc(-c5ccc6c(c5)C5(c7ccccc7S6)c6ccccc6-c6ccccc65)c4)c3)cc(-c3ccccc3-c3ccccc3)n2)cc1. The van der Waals surface area contributed by atoms with Gasteiger partial charge in [-0.3, -0.25) is 0 Å². The van der Waals surface area contributed by atoms with Crippen molar-refractivity contribution in [3.8, 4) is 78.4 Å². The average molecular weight is 807 g/mol. The van der Waals surface area contributed by atoms with Crippen molar-refractivity contribution in [2.45, 2.75) is 15.2 Å². The molecule has 12 rings (SSSR count). The molecule has 2 aliphatic rings. The van der Waals surface area contributed by atoms with Crippen LogP contribution in [0.3, 0.4) is 0 Å². The largest absolute Gasteiger partial charge is 0.228 e. The zero-order chi connectivity index (χ0) is 41.0. The highest BCUT2D eigenvalue weighted by atomic mass is 32.2. The third-order valence-corrected chi connectivity index (χ3v) is 13.7. The first-order chi connectivity index (χ1) is 30.7. The van der Waals surface area contributed by atoms with E-state index in [4.69, 9.17) is 9.97 Å². The second-order valence-electron chi connectivity index (χ2n) is 16.1. The Kier molecular flexibility index (Phi) is 8.69. The van der Waals surface area contributed by atoms with Crippen LogP contribution in [0.2, 0.25) is 0 Å². The second kappa shape index (κ2) is 14.8. The summed E-state index contributed by atoms with van der Waals surface area (Å²) in [4.78, 5) is 13.0. The fourth-order valence-corrected chi connectivity index (χ4v) is 11.0. The number of nitrogens with zero attached hydrogens (tertiary/aromatic N) is 2. The molecule has 0 N–H and O–H groups in total. The van der Waals surface area contributed by atoms with Crippen LogP contribution >= 0.6 is 11.8 Å². The third-order valence-electron chi connectivity index (χ3n) is 12.6. The van der Waals surface area contributed by atoms with Crippen LogP contribution in [0.25, 0.3) is 78.4 Å². The standard InChI is InChI=1S/C59H38N2S/c1-3-17-39(18-4-1)46-25-7-8-28-49(46)55-38-54(60-58(61-55)40-19-5-2-6-20-40)45-24-16-23-43(36-45)41-21-15-22-42(35-41)44-33-34-57-53(37-44)59(52-31-13-14-32-56(52)62-57)50-29-11-9-26-47(50)48-27-10-12-30-51(48)59/h1-38H. The smallest absolute Gasteiger partial charge is 0.160 e. The molecule has 10 aromatic rings. The molecule has 0 atom stereocenters. The Morgan fingerprint density at radius 2 is 0.742 bits per heavy atom. The molecule has 0 unspecified atom stereocenters. The average Bonchev–Trinajstić information content (AvgIpc) is 3.65. The van der Waals surface area contributed by atoms with Gasteiger partial charge in [0, 0.05) is 26.5 Å². The van der Waals surface area contributed by atoms with Crippen LogP contribution in [0.4, 0.5) is 0 Å². The molecule has 0 saturated carbocycles. The van der Waals surface area contributed by atoms with E-state index in [9.17, 15) is 0 Å². The van der Waals surface area contributed by atoms with Crippen LogP contribution in [0, 0.1) is 0 Å². The monoisotopic (exact) mass is 806 g/mol. The van der Waals surface area contributed by atoms with Gasteiger partial charge in [0.25, 0.3) is 0 Å². The van der Waals surface area contributed by atoms with Crippen LogP contribution in [0.1, 0.15) is 22.3 Å². The molecule has 0 radical (unpaired) electrons. The molecule has 1 aliphatic heterocycles. The lowest BCUT2D eigenvalue weighted by atomic mass is 9.67. The van der Waals surface area contributed by atoms with Gasteiger partial charge in [-0.05, 0) is 103 Å². The number of aromatic nitrogens is 2. The maximum Gasteiger partial charge on any atom is 0.160 e. The summed E-state index contributed by atoms with van der Waals surface area (Å²) in [5.74, 6) is 0.701. The minimum absolute atomic E-state index is 0.414. The summed E-state index contributed by atoms with van der Waals surface area (Å²) >= 11 is 1.88. The van der Waals surface area contributed by atoms with Gasteiger partial charge in [-0.15, -0.1) is 0 Å². The van der Waals surface area contributed by atoms with Gasteiger partial charge in [-0.25, -0.2) is 9.97 Å². The number of rotatable bonds is 6. The van der Waals surface area contributed by atoms with E-state index >= 15 is 0 Å². The number of benzene rings is 9. The second-order valence-corrected chi connectivity index (χ2v) is 17.1. The molecule has 2 nitrogen and oxygen atoms in total. The van der Waals surface area contributed by atoms with Crippen LogP contribution in [0.15, 0.2) is 240 Å². The van der Waals surface area contributed by atoms with Gasteiger partial charge in [0.1, 0.15) is 0 Å². The highest BCUT2D eigenvalue weighted by molar-refractivity contribution is 7.99. The summed E-state index contributed by atoms with van der Waals surface area (Å²) < 4.78 is 0. The van der Waals surface area contributed by atoms with Crippen molar-refractivity contribution in [2.24, 2.45) is 0 Å². The highest BCUT2D eigenvalue weighted by Gasteiger charge is 2.50. The highest BCUT2D eigenvalue weighted by Crippen LogP contribution is 2.62. The van der Waals surface area contributed by atoms with Crippen LogP contribution in [-0.4, -0.2) is 9.97 Å². The van der Waals surface area contributed by atoms with Crippen molar-refractivity contribution in [1.29, 1.82) is 0 Å². The van der Waals surface area contributed by atoms with Gasteiger partial charge < -0.3 is 0 Å². The first-order valence-corrected chi connectivity index (χ1v) is 22.0. The van der Waals surface area contributed by atoms with Crippen molar-refractivity contribution < 1.29 is 0 Å². The molecule has 62 heavy (non-hydrogen) atoms. The maximum absolute atomic E-state index is 5.21. The van der Waals surface area contributed by atoms with E-state index in [2.05, 4.69) is 212 Å². The summed E-state index contributed by atoms with van der Waals surface area (Å²) in [6.45, 7) is 0. The molecule has 1 aliphatic carbocycles. The van der Waals surface area contributed by atoms with E-state index in [-0.39, 0.29) is 0 Å². The number of fused-ring (bicyclic) bond motifs is 9. The lowest BCUT2D eigenvalue weighted by molar-refractivity contribution is 0.723. The van der Waals surface area contributed by atoms with Crippen LogP contribution < -0.4 is 0 Å². The lowest BCUT2D eigenvalue weighted by Crippen LogP contribution is -2.32. The molecule has 0 saturated heterocycles. The van der Waals surface area contributed by atoms with Crippen molar-refractivity contribution in [1.82, 2.24) is 9.97 Å². The lowest BCUT2D eigenvalue weighted by Gasteiger charge is -2.40. The zero-order valence-corrected chi connectivity index (χ0v) is 34.6. The first-order valence-electron chi connectivity index (χ1n) is 21.1. The zero-order valence-electron chi connectivity index (χ0n) is 33.7. The van der Waals surface area contributed by atoms with E-state index in [1.54, 1.807) is 0 Å². The Balaban J connectivity index is 0.968. The molecule has 9 aromatic carbocycles. The Bertz CT molecular complexity index is 3290. The summed E-state index contributed by atoms with van der Waals surface area (Å²) in [5, 5.41) is 0. The molecular weight excluding hydrogens is 769 g/mol. The van der Waals surface area contributed by atoms with E-state index in [0.29, 0.717) is 5.82 Å². The molecule has 1 spiro atoms. The van der Waals surface area contributed by atoms with Crippen molar-refractivity contribution in [2.75, 3.05) is 0 Å². The fraction of sp³-hybridized carbons (Fsp3) is 0.0169. The summed E-state index contributed by atoms with van der Waals surface area (Å²) in [6, 6.07) is 83.4. The Labute approximate surface area is 366 Å². The van der Waals surface area contributed by atoms with Crippen molar-refractivity contribution >= 4 is 11.8 Å². The quantitative estimate of drug-likeness (QED) is 0.167. The third kappa shape index (κ3) is 5.89. The van der Waals surface area contributed by atoms with Gasteiger partial charge >= 0.3 is 0 Å². The van der Waals surface area contributed by atoms with Gasteiger partial charge in [-0.2, -0.15) is 0 Å². The molecule has 0 amide bonds. The van der Waals surface area contributed by atoms with Crippen LogP contribution in [-0.2, 0) is 5.41 Å². The van der Waals surface area contributed by atoms with E-state index in [1.807, 2.05) is 30.0 Å². The van der Waals surface area contributed by atoms with E-state index in [1.165, 1.54) is 54.3 Å². The van der Waals surface area contributed by atoms with Gasteiger partial charge in [0.05, 0.1) is 16.8 Å². The first kappa shape index (κ1) is 36.3. The normalized spacial score (nSPS) is 12.9. The number of hydrogen-bond donors (Lipinski definition) is 0. The minimum atomic E-state index is -0.414.